The maximum absolute atomic E-state index is 11.8. The molecule has 9 rings (SSSR count). The van der Waals surface area contributed by atoms with Gasteiger partial charge in [-0.25, -0.2) is 0 Å². The number of rotatable bonds is 4. The van der Waals surface area contributed by atoms with Gasteiger partial charge in [-0.3, -0.25) is 9.97 Å². The summed E-state index contributed by atoms with van der Waals surface area (Å²) >= 11 is 0. The van der Waals surface area contributed by atoms with Gasteiger partial charge in [0.15, 0.2) is 11.5 Å². The van der Waals surface area contributed by atoms with Crippen LogP contribution in [0.5, 0.6) is 11.5 Å². The van der Waals surface area contributed by atoms with Gasteiger partial charge in [0.25, 0.3) is 0 Å². The Morgan fingerprint density at radius 3 is 1.00 bits per heavy atom. The fraction of sp³-hybridized carbons (Fsp3) is 0.136. The number of aryl methyl sites for hydroxylation is 6. The average molecular weight is 653 g/mol. The first kappa shape index (κ1) is 30.0. The van der Waals surface area contributed by atoms with Crippen LogP contribution in [0.4, 0.5) is 0 Å². The van der Waals surface area contributed by atoms with E-state index in [1.54, 1.807) is 0 Å². The predicted octanol–water partition coefficient (Wildman–Crippen LogP) is 9.47. The molecule has 0 amide bonds. The first-order chi connectivity index (χ1) is 24.6. The van der Waals surface area contributed by atoms with E-state index in [9.17, 15) is 10.2 Å². The Balaban J connectivity index is 1.50. The van der Waals surface area contributed by atoms with Crippen molar-refractivity contribution in [1.29, 1.82) is 0 Å². The topological polar surface area (TPSA) is 97.8 Å². The highest BCUT2D eigenvalue weighted by molar-refractivity contribution is 5.97. The Hall–Kier alpha value is -6.14. The maximum atomic E-state index is 11.8. The molecule has 5 heterocycles. The van der Waals surface area contributed by atoms with Crippen LogP contribution in [0.2, 0.25) is 0 Å². The van der Waals surface area contributed by atoms with Crippen LogP contribution in [-0.4, -0.2) is 30.1 Å². The van der Waals surface area contributed by atoms with Gasteiger partial charge in [0.2, 0.25) is 0 Å². The molecule has 0 saturated carbocycles. The molecule has 0 unspecified atom stereocenters. The molecule has 6 heteroatoms. The van der Waals surface area contributed by atoms with E-state index in [1.165, 1.54) is 0 Å². The van der Waals surface area contributed by atoms with Gasteiger partial charge in [-0.15, -0.1) is 0 Å². The Morgan fingerprint density at radius 2 is 0.660 bits per heavy atom. The lowest BCUT2D eigenvalue weighted by molar-refractivity contribution is 0.414. The molecule has 0 radical (unpaired) electrons. The first-order valence-electron chi connectivity index (χ1n) is 17.4. The van der Waals surface area contributed by atoms with Gasteiger partial charge in [0.1, 0.15) is 0 Å². The molecule has 244 valence electrons. The van der Waals surface area contributed by atoms with Crippen molar-refractivity contribution in [1.82, 2.24) is 19.9 Å². The molecule has 4 N–H and O–H groups in total. The zero-order chi connectivity index (χ0) is 33.6. The van der Waals surface area contributed by atoms with Crippen LogP contribution >= 0.6 is 0 Å². The molecule has 0 spiro atoms. The van der Waals surface area contributed by atoms with Gasteiger partial charge in [0, 0.05) is 33.6 Å². The number of H-pyrrole nitrogens is 2. The normalized spacial score (nSPS) is 13.3. The van der Waals surface area contributed by atoms with Crippen LogP contribution in [0, 0.1) is 0 Å². The molecule has 3 aliphatic rings. The molecule has 0 aliphatic carbocycles. The molecule has 6 nitrogen and oxygen atoms in total. The number of nitrogens with zero attached hydrogens (tertiary/aromatic N) is 2. The summed E-state index contributed by atoms with van der Waals surface area (Å²) in [6.45, 7) is 0. The summed E-state index contributed by atoms with van der Waals surface area (Å²) in [7, 11) is 0. The number of fused-ring (bicyclic) bond motifs is 8. The molecule has 3 aliphatic heterocycles. The van der Waals surface area contributed by atoms with Crippen molar-refractivity contribution >= 4 is 11.0 Å². The third-order valence-electron chi connectivity index (χ3n) is 10.1. The van der Waals surface area contributed by atoms with E-state index in [4.69, 9.17) is 9.97 Å². The Labute approximate surface area is 290 Å². The van der Waals surface area contributed by atoms with Crippen LogP contribution in [0.25, 0.3) is 55.5 Å². The van der Waals surface area contributed by atoms with Gasteiger partial charge in [-0.2, -0.15) is 0 Å². The highest BCUT2D eigenvalue weighted by Crippen LogP contribution is 2.45. The van der Waals surface area contributed by atoms with Crippen molar-refractivity contribution in [2.45, 2.75) is 38.5 Å². The van der Waals surface area contributed by atoms with E-state index in [-0.39, 0.29) is 11.5 Å². The van der Waals surface area contributed by atoms with E-state index in [1.807, 2.05) is 72.8 Å². The summed E-state index contributed by atoms with van der Waals surface area (Å²) < 4.78 is 0. The molecule has 0 atom stereocenters. The highest BCUT2D eigenvalue weighted by Gasteiger charge is 2.27. The minimum absolute atomic E-state index is 0.190. The predicted molar refractivity (Wildman–Crippen MR) is 200 cm³/mol. The zero-order valence-corrected chi connectivity index (χ0v) is 27.6. The van der Waals surface area contributed by atoms with Crippen LogP contribution in [0.3, 0.4) is 0 Å². The Kier molecular flexibility index (Phi) is 7.42. The van der Waals surface area contributed by atoms with Gasteiger partial charge < -0.3 is 20.2 Å². The minimum Gasteiger partial charge on any atom is -0.503 e. The van der Waals surface area contributed by atoms with Crippen LogP contribution < -0.4 is 0 Å². The van der Waals surface area contributed by atoms with Crippen molar-refractivity contribution in [2.24, 2.45) is 0 Å². The van der Waals surface area contributed by atoms with E-state index in [0.717, 1.165) is 104 Å². The van der Waals surface area contributed by atoms with Crippen LogP contribution in [0.15, 0.2) is 121 Å². The fourth-order valence-corrected chi connectivity index (χ4v) is 7.88. The van der Waals surface area contributed by atoms with Crippen LogP contribution in [-0.2, 0) is 38.5 Å². The average Bonchev–Trinajstić information content (AvgIpc) is 3.99. The molecular weight excluding hydrogens is 617 g/mol. The lowest BCUT2D eigenvalue weighted by Gasteiger charge is -2.08. The maximum Gasteiger partial charge on any atom is 0.184 e. The van der Waals surface area contributed by atoms with Gasteiger partial charge >= 0.3 is 0 Å². The van der Waals surface area contributed by atoms with E-state index < -0.39 is 0 Å². The standard InChI is InChI=1S/C44H36N4O2/c49-43-41-39(29-17-9-3-10-18-29)35-25-23-33(46-35)37(27-13-5-1-6-14-27)31-21-22-32(45-31)38(28-15-7-2-8-16-28)34-24-26-36(47-34)40(42(48-41)44(43)50)30-19-11-4-12-20-30/h1-20,45,48-50H,21-26H2. The lowest BCUT2D eigenvalue weighted by Crippen LogP contribution is -1.93. The quantitative estimate of drug-likeness (QED) is 0.153. The van der Waals surface area contributed by atoms with E-state index in [2.05, 4.69) is 58.5 Å². The molecule has 50 heavy (non-hydrogen) atoms. The van der Waals surface area contributed by atoms with Gasteiger partial charge in [-0.1, -0.05) is 121 Å². The molecule has 8 bridgehead atoms. The summed E-state index contributed by atoms with van der Waals surface area (Å²) in [5.41, 5.74) is 14.9. The third-order valence-corrected chi connectivity index (χ3v) is 10.1. The molecule has 4 aromatic carbocycles. The third kappa shape index (κ3) is 5.12. The van der Waals surface area contributed by atoms with Gasteiger partial charge in [-0.05, 0) is 60.8 Å². The van der Waals surface area contributed by atoms with Gasteiger partial charge in [0.05, 0.1) is 33.8 Å². The smallest absolute Gasteiger partial charge is 0.184 e. The fourth-order valence-electron chi connectivity index (χ4n) is 7.88. The van der Waals surface area contributed by atoms with Crippen molar-refractivity contribution in [3.05, 3.63) is 155 Å². The monoisotopic (exact) mass is 652 g/mol. The second-order valence-electron chi connectivity index (χ2n) is 13.1. The summed E-state index contributed by atoms with van der Waals surface area (Å²) in [5, 5.41) is 23.6. The second kappa shape index (κ2) is 12.4. The minimum atomic E-state index is -0.190. The summed E-state index contributed by atoms with van der Waals surface area (Å²) in [6.07, 6.45) is 4.60. The summed E-state index contributed by atoms with van der Waals surface area (Å²) in [5.74, 6) is -0.380. The number of aromatic amines is 2. The van der Waals surface area contributed by atoms with Crippen molar-refractivity contribution in [2.75, 3.05) is 0 Å². The summed E-state index contributed by atoms with van der Waals surface area (Å²) in [4.78, 5) is 18.2. The van der Waals surface area contributed by atoms with Crippen molar-refractivity contribution in [3.63, 3.8) is 0 Å². The molecule has 0 fully saturated rings. The zero-order valence-electron chi connectivity index (χ0n) is 27.6. The molecule has 2 aromatic heterocycles. The van der Waals surface area contributed by atoms with E-state index in [0.29, 0.717) is 23.9 Å². The number of aromatic nitrogens is 4. The second-order valence-corrected chi connectivity index (χ2v) is 13.1. The number of nitrogens with one attached hydrogen (secondary N) is 2. The van der Waals surface area contributed by atoms with Crippen molar-refractivity contribution < 1.29 is 10.2 Å². The first-order valence-corrected chi connectivity index (χ1v) is 17.4. The highest BCUT2D eigenvalue weighted by atomic mass is 16.3. The number of hydrogen-bond acceptors (Lipinski definition) is 4. The number of hydrogen-bond donors (Lipinski definition) is 4. The lowest BCUT2D eigenvalue weighted by atomic mass is 9.97. The molecular formula is C44H36N4O2. The Morgan fingerprint density at radius 1 is 0.360 bits per heavy atom. The number of aromatic hydroxyl groups is 2. The summed E-state index contributed by atoms with van der Waals surface area (Å²) in [6, 6.07) is 41.1. The van der Waals surface area contributed by atoms with E-state index >= 15 is 0 Å². The largest absolute Gasteiger partial charge is 0.503 e. The Bertz CT molecular complexity index is 2260. The van der Waals surface area contributed by atoms with Crippen LogP contribution in [0.1, 0.15) is 34.2 Å². The molecule has 0 saturated heterocycles. The van der Waals surface area contributed by atoms with Crippen molar-refractivity contribution in [3.8, 4) is 56.0 Å². The molecule has 6 aromatic rings. The SMILES string of the molecule is Oc1c(O)c2[nH]c1c(-c1ccccc1)c1nc(c(-c3ccccc3)c3[nH]c(c(-c4ccccc4)c4nc(c2-c2ccccc2)CC4)CC3)CC1. The number of benzene rings is 4.